The summed E-state index contributed by atoms with van der Waals surface area (Å²) in [6.07, 6.45) is 4.04. The number of nitrogens with zero attached hydrogens (tertiary/aromatic N) is 2. The van der Waals surface area contributed by atoms with Gasteiger partial charge in [0.25, 0.3) is 0 Å². The van der Waals surface area contributed by atoms with Gasteiger partial charge in [0.1, 0.15) is 17.8 Å². The molecule has 5 heteroatoms. The molecular weight excluding hydrogens is 292 g/mol. The summed E-state index contributed by atoms with van der Waals surface area (Å²) in [7, 11) is 0. The van der Waals surface area contributed by atoms with Crippen LogP contribution in [0.4, 0.5) is 0 Å². The van der Waals surface area contributed by atoms with Gasteiger partial charge in [-0.2, -0.15) is 10.2 Å². The minimum Gasteiger partial charge on any atom is -0.508 e. The number of carbonyl (C=O) groups excluding carboxylic acids is 1. The van der Waals surface area contributed by atoms with Crippen LogP contribution in [0.5, 0.6) is 11.5 Å². The second kappa shape index (κ2) is 7.35. The summed E-state index contributed by atoms with van der Waals surface area (Å²) in [4.78, 5) is 10.5. The van der Waals surface area contributed by atoms with E-state index in [0.717, 1.165) is 28.5 Å². The van der Waals surface area contributed by atoms with E-state index in [9.17, 15) is 15.0 Å². The van der Waals surface area contributed by atoms with Crippen molar-refractivity contribution in [1.29, 1.82) is 0 Å². The van der Waals surface area contributed by atoms with Crippen LogP contribution in [0.15, 0.2) is 40.5 Å². The zero-order valence-electron chi connectivity index (χ0n) is 13.0. The highest BCUT2D eigenvalue weighted by Crippen LogP contribution is 2.22. The molecule has 0 heterocycles. The standard InChI is InChI=1S/C18H18N2O3/c1-12-7-15(8-13(2)18(12)23)11-20-19-10-14-3-4-17(22)16(9-14)5-6-21/h3-4,6-11,22-23H,5H2,1-2H3/b19-10+,20-11+. The average Bonchev–Trinajstić information content (AvgIpc) is 2.52. The van der Waals surface area contributed by atoms with Gasteiger partial charge >= 0.3 is 0 Å². The Kier molecular flexibility index (Phi) is 5.25. The second-order valence-corrected chi connectivity index (χ2v) is 5.25. The van der Waals surface area contributed by atoms with Crippen molar-refractivity contribution in [3.05, 3.63) is 58.1 Å². The lowest BCUT2D eigenvalue weighted by molar-refractivity contribution is -0.107. The highest BCUT2D eigenvalue weighted by Gasteiger charge is 2.02. The number of benzene rings is 2. The Bertz CT molecular complexity index is 757. The molecule has 0 saturated heterocycles. The molecule has 0 amide bonds. The molecule has 0 aliphatic heterocycles. The Balaban J connectivity index is 2.12. The van der Waals surface area contributed by atoms with Crippen molar-refractivity contribution >= 4 is 18.7 Å². The fourth-order valence-electron chi connectivity index (χ4n) is 2.20. The first-order valence-electron chi connectivity index (χ1n) is 7.13. The molecule has 5 nitrogen and oxygen atoms in total. The quantitative estimate of drug-likeness (QED) is 0.506. The molecule has 2 rings (SSSR count). The second-order valence-electron chi connectivity index (χ2n) is 5.25. The zero-order chi connectivity index (χ0) is 16.8. The van der Waals surface area contributed by atoms with E-state index in [1.165, 1.54) is 6.07 Å². The molecule has 118 valence electrons. The lowest BCUT2D eigenvalue weighted by atomic mass is 10.1. The van der Waals surface area contributed by atoms with E-state index >= 15 is 0 Å². The van der Waals surface area contributed by atoms with Crippen LogP contribution in [0.1, 0.15) is 27.8 Å². The number of aryl methyl sites for hydroxylation is 2. The smallest absolute Gasteiger partial charge is 0.124 e. The van der Waals surface area contributed by atoms with Crippen LogP contribution in [0.2, 0.25) is 0 Å². The van der Waals surface area contributed by atoms with Gasteiger partial charge in [0.15, 0.2) is 0 Å². The van der Waals surface area contributed by atoms with Crippen LogP contribution < -0.4 is 0 Å². The summed E-state index contributed by atoms with van der Waals surface area (Å²) in [6, 6.07) is 8.56. The van der Waals surface area contributed by atoms with Gasteiger partial charge in [0.2, 0.25) is 0 Å². The maximum atomic E-state index is 10.5. The summed E-state index contributed by atoms with van der Waals surface area (Å²) >= 11 is 0. The zero-order valence-corrected chi connectivity index (χ0v) is 13.0. The van der Waals surface area contributed by atoms with E-state index in [2.05, 4.69) is 10.2 Å². The molecule has 0 atom stereocenters. The molecule has 0 fully saturated rings. The lowest BCUT2D eigenvalue weighted by Crippen LogP contribution is -1.90. The van der Waals surface area contributed by atoms with Crippen molar-refractivity contribution in [2.45, 2.75) is 20.3 Å². The minimum absolute atomic E-state index is 0.0906. The normalized spacial score (nSPS) is 11.4. The Morgan fingerprint density at radius 3 is 2.17 bits per heavy atom. The van der Waals surface area contributed by atoms with E-state index in [1.807, 2.05) is 26.0 Å². The Labute approximate surface area is 134 Å². The summed E-state index contributed by atoms with van der Waals surface area (Å²) in [5, 5.41) is 27.3. The Morgan fingerprint density at radius 2 is 1.57 bits per heavy atom. The predicted molar refractivity (Wildman–Crippen MR) is 90.6 cm³/mol. The van der Waals surface area contributed by atoms with Crippen molar-refractivity contribution in [3.8, 4) is 11.5 Å². The van der Waals surface area contributed by atoms with E-state index in [4.69, 9.17) is 0 Å². The third-order valence-corrected chi connectivity index (χ3v) is 3.40. The van der Waals surface area contributed by atoms with Crippen LogP contribution in [0, 0.1) is 13.8 Å². The number of hydrogen-bond acceptors (Lipinski definition) is 5. The third-order valence-electron chi connectivity index (χ3n) is 3.40. The summed E-state index contributed by atoms with van der Waals surface area (Å²) < 4.78 is 0. The number of hydrogen-bond donors (Lipinski definition) is 2. The SMILES string of the molecule is Cc1cc(/C=N/N=C/c2ccc(O)c(CC=O)c2)cc(C)c1O. The van der Waals surface area contributed by atoms with Gasteiger partial charge in [-0.25, -0.2) is 0 Å². The van der Waals surface area contributed by atoms with Gasteiger partial charge in [-0.3, -0.25) is 0 Å². The Morgan fingerprint density at radius 1 is 0.957 bits per heavy atom. The molecule has 0 aliphatic carbocycles. The molecule has 2 N–H and O–H groups in total. The van der Waals surface area contributed by atoms with Crippen molar-refractivity contribution < 1.29 is 15.0 Å². The van der Waals surface area contributed by atoms with E-state index < -0.39 is 0 Å². The maximum absolute atomic E-state index is 10.5. The first kappa shape index (κ1) is 16.4. The van der Waals surface area contributed by atoms with Crippen molar-refractivity contribution in [2.24, 2.45) is 10.2 Å². The van der Waals surface area contributed by atoms with Gasteiger partial charge in [-0.05, 0) is 66.4 Å². The number of rotatable bonds is 5. The van der Waals surface area contributed by atoms with E-state index in [0.29, 0.717) is 5.56 Å². The van der Waals surface area contributed by atoms with E-state index in [1.54, 1.807) is 24.6 Å². The summed E-state index contributed by atoms with van der Waals surface area (Å²) in [6.45, 7) is 3.65. The molecule has 23 heavy (non-hydrogen) atoms. The highest BCUT2D eigenvalue weighted by atomic mass is 16.3. The molecule has 0 unspecified atom stereocenters. The minimum atomic E-state index is 0.0906. The van der Waals surface area contributed by atoms with Crippen LogP contribution >= 0.6 is 0 Å². The third kappa shape index (κ3) is 4.26. The van der Waals surface area contributed by atoms with Crippen molar-refractivity contribution in [1.82, 2.24) is 0 Å². The first-order valence-corrected chi connectivity index (χ1v) is 7.13. The molecule has 0 aliphatic rings. The molecule has 0 aromatic heterocycles. The molecule has 0 spiro atoms. The number of aldehydes is 1. The largest absolute Gasteiger partial charge is 0.508 e. The average molecular weight is 310 g/mol. The van der Waals surface area contributed by atoms with Crippen LogP contribution in [-0.4, -0.2) is 28.9 Å². The monoisotopic (exact) mass is 310 g/mol. The van der Waals surface area contributed by atoms with Gasteiger partial charge in [0, 0.05) is 12.0 Å². The maximum Gasteiger partial charge on any atom is 0.124 e. The van der Waals surface area contributed by atoms with Crippen molar-refractivity contribution in [2.75, 3.05) is 0 Å². The van der Waals surface area contributed by atoms with Crippen LogP contribution in [0.25, 0.3) is 0 Å². The number of phenolic OH excluding ortho intramolecular Hbond substituents is 2. The molecule has 0 bridgehead atoms. The lowest BCUT2D eigenvalue weighted by Gasteiger charge is -2.03. The molecule has 2 aromatic carbocycles. The molecule has 0 radical (unpaired) electrons. The van der Waals surface area contributed by atoms with Gasteiger partial charge in [-0.15, -0.1) is 0 Å². The molecule has 0 saturated carbocycles. The summed E-state index contributed by atoms with van der Waals surface area (Å²) in [5.74, 6) is 0.380. The first-order chi connectivity index (χ1) is 11.0. The predicted octanol–water partition coefficient (Wildman–Crippen LogP) is 2.91. The van der Waals surface area contributed by atoms with Crippen LogP contribution in [0.3, 0.4) is 0 Å². The number of carbonyl (C=O) groups is 1. The fraction of sp³-hybridized carbons (Fsp3) is 0.167. The van der Waals surface area contributed by atoms with Gasteiger partial charge in [0.05, 0.1) is 12.4 Å². The highest BCUT2D eigenvalue weighted by molar-refractivity contribution is 5.83. The molecular formula is C18H18N2O3. The molecule has 2 aromatic rings. The fourth-order valence-corrected chi connectivity index (χ4v) is 2.20. The number of aromatic hydroxyl groups is 2. The van der Waals surface area contributed by atoms with Crippen LogP contribution in [-0.2, 0) is 11.2 Å². The van der Waals surface area contributed by atoms with Crippen molar-refractivity contribution in [3.63, 3.8) is 0 Å². The number of phenols is 2. The van der Waals surface area contributed by atoms with E-state index in [-0.39, 0.29) is 17.9 Å². The van der Waals surface area contributed by atoms with Gasteiger partial charge < -0.3 is 15.0 Å². The topological polar surface area (TPSA) is 82.2 Å². The summed E-state index contributed by atoms with van der Waals surface area (Å²) in [5.41, 5.74) is 3.72. The Hall–Kier alpha value is -2.95. The van der Waals surface area contributed by atoms with Gasteiger partial charge in [-0.1, -0.05) is 0 Å².